The maximum Gasteiger partial charge on any atom is 0.0827 e. The summed E-state index contributed by atoms with van der Waals surface area (Å²) in [6.45, 7) is 0. The van der Waals surface area contributed by atoms with Crippen LogP contribution in [-0.4, -0.2) is 24.0 Å². The van der Waals surface area contributed by atoms with Gasteiger partial charge in [0, 0.05) is 6.04 Å². The van der Waals surface area contributed by atoms with Crippen LogP contribution >= 0.6 is 0 Å². The van der Waals surface area contributed by atoms with Gasteiger partial charge in [-0.3, -0.25) is 0 Å². The Hall–Kier alpha value is -0.830. The van der Waals surface area contributed by atoms with Gasteiger partial charge in [0.15, 0.2) is 0 Å². The molecule has 78 valence electrons. The first-order chi connectivity index (χ1) is 6.85. The molecule has 0 radical (unpaired) electrons. The Balaban J connectivity index is 2.20. The molecular formula is C11H18N2O. The molecule has 0 amide bonds. The third-order valence-corrected chi connectivity index (χ3v) is 3.43. The van der Waals surface area contributed by atoms with Crippen molar-refractivity contribution in [3.05, 3.63) is 11.1 Å². The highest BCUT2D eigenvalue weighted by Crippen LogP contribution is 2.34. The number of nitrogens with one attached hydrogen (secondary N) is 1. The van der Waals surface area contributed by atoms with Crippen molar-refractivity contribution in [1.29, 1.82) is 0 Å². The smallest absolute Gasteiger partial charge is 0.0827 e. The molecule has 0 aliphatic heterocycles. The SMILES string of the molecule is CNC1CCC2=C(CCC/C2=N\O)C1. The van der Waals surface area contributed by atoms with Crippen molar-refractivity contribution < 1.29 is 5.21 Å². The normalized spacial score (nSPS) is 30.6. The molecule has 0 aromatic heterocycles. The Morgan fingerprint density at radius 1 is 1.36 bits per heavy atom. The first-order valence-electron chi connectivity index (χ1n) is 5.44. The highest BCUT2D eigenvalue weighted by Gasteiger charge is 2.25. The molecule has 3 nitrogen and oxygen atoms in total. The maximum absolute atomic E-state index is 8.89. The van der Waals surface area contributed by atoms with Gasteiger partial charge in [0.1, 0.15) is 0 Å². The van der Waals surface area contributed by atoms with Gasteiger partial charge in [-0.2, -0.15) is 0 Å². The summed E-state index contributed by atoms with van der Waals surface area (Å²) in [4.78, 5) is 0. The Labute approximate surface area is 84.9 Å². The van der Waals surface area contributed by atoms with Gasteiger partial charge in [-0.15, -0.1) is 0 Å². The van der Waals surface area contributed by atoms with E-state index in [0.29, 0.717) is 6.04 Å². The Bertz CT molecular complexity index is 281. The van der Waals surface area contributed by atoms with E-state index in [4.69, 9.17) is 5.21 Å². The highest BCUT2D eigenvalue weighted by atomic mass is 16.4. The third kappa shape index (κ3) is 1.69. The molecule has 2 N–H and O–H groups in total. The first-order valence-corrected chi connectivity index (χ1v) is 5.44. The van der Waals surface area contributed by atoms with Gasteiger partial charge in [-0.1, -0.05) is 10.7 Å². The lowest BCUT2D eigenvalue weighted by Crippen LogP contribution is -2.31. The van der Waals surface area contributed by atoms with Gasteiger partial charge in [0.2, 0.25) is 0 Å². The average molecular weight is 194 g/mol. The standard InChI is InChI=1S/C11H18N2O/c1-12-9-5-6-10-8(7-9)3-2-4-11(10)13-14/h9,12,14H,2-7H2,1H3/b13-11+. The molecule has 1 atom stereocenters. The minimum Gasteiger partial charge on any atom is -0.411 e. The fraction of sp³-hybridized carbons (Fsp3) is 0.727. The molecule has 0 spiro atoms. The summed E-state index contributed by atoms with van der Waals surface area (Å²) in [6.07, 6.45) is 6.71. The van der Waals surface area contributed by atoms with Crippen molar-refractivity contribution in [2.24, 2.45) is 5.16 Å². The van der Waals surface area contributed by atoms with E-state index in [1.54, 1.807) is 0 Å². The Morgan fingerprint density at radius 2 is 2.21 bits per heavy atom. The summed E-state index contributed by atoms with van der Waals surface area (Å²) in [5, 5.41) is 15.6. The van der Waals surface area contributed by atoms with Gasteiger partial charge in [-0.05, 0) is 51.1 Å². The number of hydrogen-bond donors (Lipinski definition) is 2. The van der Waals surface area contributed by atoms with Crippen molar-refractivity contribution >= 4 is 5.71 Å². The average Bonchev–Trinajstić information content (AvgIpc) is 2.27. The van der Waals surface area contributed by atoms with Gasteiger partial charge in [0.05, 0.1) is 5.71 Å². The molecule has 0 aromatic rings. The van der Waals surface area contributed by atoms with Crippen LogP contribution in [0, 0.1) is 0 Å². The fourth-order valence-electron chi connectivity index (χ4n) is 2.60. The van der Waals surface area contributed by atoms with Crippen LogP contribution in [0.1, 0.15) is 38.5 Å². The molecule has 0 heterocycles. The molecule has 0 fully saturated rings. The van der Waals surface area contributed by atoms with Crippen LogP contribution in [0.25, 0.3) is 0 Å². The quantitative estimate of drug-likeness (QED) is 0.496. The molecule has 2 aliphatic rings. The zero-order valence-corrected chi connectivity index (χ0v) is 8.71. The lowest BCUT2D eigenvalue weighted by Gasteiger charge is -2.30. The first kappa shape index (κ1) is 9.71. The van der Waals surface area contributed by atoms with Crippen molar-refractivity contribution in [1.82, 2.24) is 5.32 Å². The largest absolute Gasteiger partial charge is 0.411 e. The van der Waals surface area contributed by atoms with Gasteiger partial charge < -0.3 is 10.5 Å². The van der Waals surface area contributed by atoms with Crippen molar-refractivity contribution in [3.8, 4) is 0 Å². The molecule has 1 unspecified atom stereocenters. The Kier molecular flexibility index (Phi) is 2.87. The van der Waals surface area contributed by atoms with Crippen molar-refractivity contribution in [3.63, 3.8) is 0 Å². The molecule has 0 aromatic carbocycles. The van der Waals surface area contributed by atoms with Crippen LogP contribution < -0.4 is 5.32 Å². The third-order valence-electron chi connectivity index (χ3n) is 3.43. The minimum atomic E-state index is 0.631. The van der Waals surface area contributed by atoms with E-state index in [-0.39, 0.29) is 0 Å². The summed E-state index contributed by atoms with van der Waals surface area (Å²) in [5.41, 5.74) is 3.82. The summed E-state index contributed by atoms with van der Waals surface area (Å²) >= 11 is 0. The predicted octanol–water partition coefficient (Wildman–Crippen LogP) is 2.07. The Morgan fingerprint density at radius 3 is 2.93 bits per heavy atom. The lowest BCUT2D eigenvalue weighted by atomic mass is 9.79. The number of rotatable bonds is 1. The van der Waals surface area contributed by atoms with Crippen LogP contribution in [-0.2, 0) is 0 Å². The zero-order chi connectivity index (χ0) is 9.97. The minimum absolute atomic E-state index is 0.631. The van der Waals surface area contributed by atoms with Crippen LogP contribution in [0.5, 0.6) is 0 Å². The number of nitrogens with zero attached hydrogens (tertiary/aromatic N) is 1. The number of oxime groups is 1. The molecule has 0 bridgehead atoms. The molecule has 2 rings (SSSR count). The van der Waals surface area contributed by atoms with E-state index in [9.17, 15) is 0 Å². The van der Waals surface area contributed by atoms with E-state index >= 15 is 0 Å². The van der Waals surface area contributed by atoms with E-state index in [0.717, 1.165) is 31.4 Å². The maximum atomic E-state index is 8.89. The summed E-state index contributed by atoms with van der Waals surface area (Å²) in [6, 6.07) is 0.631. The lowest BCUT2D eigenvalue weighted by molar-refractivity contribution is 0.316. The number of allylic oxidation sites excluding steroid dienone is 1. The van der Waals surface area contributed by atoms with Crippen LogP contribution in [0.15, 0.2) is 16.3 Å². The molecule has 2 aliphatic carbocycles. The second-order valence-electron chi connectivity index (χ2n) is 4.21. The van der Waals surface area contributed by atoms with Gasteiger partial charge in [0.25, 0.3) is 0 Å². The molecular weight excluding hydrogens is 176 g/mol. The van der Waals surface area contributed by atoms with E-state index in [1.807, 2.05) is 7.05 Å². The molecule has 0 saturated heterocycles. The monoisotopic (exact) mass is 194 g/mol. The van der Waals surface area contributed by atoms with E-state index in [2.05, 4.69) is 10.5 Å². The molecule has 0 saturated carbocycles. The molecule has 3 heteroatoms. The van der Waals surface area contributed by atoms with Crippen molar-refractivity contribution in [2.45, 2.75) is 44.6 Å². The van der Waals surface area contributed by atoms with Crippen molar-refractivity contribution in [2.75, 3.05) is 7.05 Å². The molecule has 14 heavy (non-hydrogen) atoms. The van der Waals surface area contributed by atoms with Gasteiger partial charge >= 0.3 is 0 Å². The van der Waals surface area contributed by atoms with Crippen LogP contribution in [0.2, 0.25) is 0 Å². The topological polar surface area (TPSA) is 44.6 Å². The second kappa shape index (κ2) is 4.13. The zero-order valence-electron chi connectivity index (χ0n) is 8.71. The fourth-order valence-corrected chi connectivity index (χ4v) is 2.60. The van der Waals surface area contributed by atoms with E-state index in [1.165, 1.54) is 24.0 Å². The second-order valence-corrected chi connectivity index (χ2v) is 4.21. The summed E-state index contributed by atoms with van der Waals surface area (Å²) in [5.74, 6) is 0. The van der Waals surface area contributed by atoms with Crippen LogP contribution in [0.4, 0.5) is 0 Å². The van der Waals surface area contributed by atoms with Gasteiger partial charge in [-0.25, -0.2) is 0 Å². The van der Waals surface area contributed by atoms with Crippen LogP contribution in [0.3, 0.4) is 0 Å². The highest BCUT2D eigenvalue weighted by molar-refractivity contribution is 6.01. The van der Waals surface area contributed by atoms with E-state index < -0.39 is 0 Å². The number of hydrogen-bond acceptors (Lipinski definition) is 3. The summed E-state index contributed by atoms with van der Waals surface area (Å²) < 4.78 is 0. The summed E-state index contributed by atoms with van der Waals surface area (Å²) in [7, 11) is 2.03. The predicted molar refractivity (Wildman–Crippen MR) is 56.8 cm³/mol.